The van der Waals surface area contributed by atoms with Gasteiger partial charge in [-0.15, -0.1) is 11.3 Å². The van der Waals surface area contributed by atoms with Crippen LogP contribution in [0.15, 0.2) is 23.6 Å². The number of hydrogen-bond acceptors (Lipinski definition) is 4. The minimum atomic E-state index is 0.470. The van der Waals surface area contributed by atoms with Crippen molar-refractivity contribution in [1.29, 1.82) is 5.26 Å². The standard InChI is InChI=1S/C13H11ClN2OS/c1-9-6-10(14)2-3-12(9)17-5-4-13-16-11(7-15)8-18-13/h2-3,6,8H,4-5H2,1H3. The van der Waals surface area contributed by atoms with Crippen LogP contribution in [0.25, 0.3) is 0 Å². The fraction of sp³-hybridized carbons (Fsp3) is 0.231. The van der Waals surface area contributed by atoms with Gasteiger partial charge in [-0.3, -0.25) is 0 Å². The predicted molar refractivity (Wildman–Crippen MR) is 72.2 cm³/mol. The SMILES string of the molecule is Cc1cc(Cl)ccc1OCCc1nc(C#N)cs1. The molecule has 3 nitrogen and oxygen atoms in total. The number of thiazole rings is 1. The molecule has 0 amide bonds. The second-order valence-corrected chi connectivity index (χ2v) is 5.13. The molecule has 0 saturated carbocycles. The van der Waals surface area contributed by atoms with Gasteiger partial charge >= 0.3 is 0 Å². The number of aromatic nitrogens is 1. The Labute approximate surface area is 115 Å². The maximum Gasteiger partial charge on any atom is 0.151 e. The molecule has 0 aliphatic heterocycles. The average Bonchev–Trinajstić information content (AvgIpc) is 2.80. The van der Waals surface area contributed by atoms with Crippen LogP contribution in [0.1, 0.15) is 16.3 Å². The molecular formula is C13H11ClN2OS. The lowest BCUT2D eigenvalue weighted by molar-refractivity contribution is 0.319. The van der Waals surface area contributed by atoms with Gasteiger partial charge in [0.2, 0.25) is 0 Å². The van der Waals surface area contributed by atoms with Crippen molar-refractivity contribution in [3.05, 3.63) is 44.9 Å². The summed E-state index contributed by atoms with van der Waals surface area (Å²) in [5.74, 6) is 0.830. The molecule has 0 N–H and O–H groups in total. The van der Waals surface area contributed by atoms with E-state index in [9.17, 15) is 0 Å². The zero-order chi connectivity index (χ0) is 13.0. The first kappa shape index (κ1) is 12.9. The molecule has 0 atom stereocenters. The number of halogens is 1. The van der Waals surface area contributed by atoms with Gasteiger partial charge in [0.1, 0.15) is 11.8 Å². The van der Waals surface area contributed by atoms with Gasteiger partial charge in [0, 0.05) is 16.8 Å². The maximum absolute atomic E-state index is 8.67. The predicted octanol–water partition coefficient (Wildman–Crippen LogP) is 3.60. The molecule has 2 rings (SSSR count). The normalized spacial score (nSPS) is 10.1. The van der Waals surface area contributed by atoms with E-state index in [0.29, 0.717) is 23.7 Å². The highest BCUT2D eigenvalue weighted by Crippen LogP contribution is 2.22. The second-order valence-electron chi connectivity index (χ2n) is 3.75. The van der Waals surface area contributed by atoms with E-state index in [-0.39, 0.29) is 0 Å². The smallest absolute Gasteiger partial charge is 0.151 e. The fourth-order valence-corrected chi connectivity index (χ4v) is 2.43. The third kappa shape index (κ3) is 3.22. The lowest BCUT2D eigenvalue weighted by Gasteiger charge is -2.08. The van der Waals surface area contributed by atoms with E-state index >= 15 is 0 Å². The Balaban J connectivity index is 1.90. The molecule has 18 heavy (non-hydrogen) atoms. The molecule has 0 fully saturated rings. The summed E-state index contributed by atoms with van der Waals surface area (Å²) in [6, 6.07) is 7.55. The third-order valence-electron chi connectivity index (χ3n) is 2.38. The van der Waals surface area contributed by atoms with Crippen LogP contribution in [-0.2, 0) is 6.42 Å². The fourth-order valence-electron chi connectivity index (χ4n) is 1.50. The van der Waals surface area contributed by atoms with E-state index in [1.165, 1.54) is 11.3 Å². The number of hydrogen-bond donors (Lipinski definition) is 0. The first-order valence-corrected chi connectivity index (χ1v) is 6.68. The van der Waals surface area contributed by atoms with Gasteiger partial charge in [0.15, 0.2) is 5.69 Å². The molecule has 0 radical (unpaired) electrons. The number of nitrogens with zero attached hydrogens (tertiary/aromatic N) is 2. The molecule has 0 aliphatic carbocycles. The van der Waals surface area contributed by atoms with Crippen molar-refractivity contribution in [2.45, 2.75) is 13.3 Å². The van der Waals surface area contributed by atoms with Gasteiger partial charge in [-0.2, -0.15) is 5.26 Å². The Hall–Kier alpha value is -1.57. The Morgan fingerprint density at radius 2 is 2.33 bits per heavy atom. The van der Waals surface area contributed by atoms with E-state index in [1.54, 1.807) is 11.4 Å². The topological polar surface area (TPSA) is 45.9 Å². The second kappa shape index (κ2) is 5.85. The van der Waals surface area contributed by atoms with Crippen LogP contribution in [-0.4, -0.2) is 11.6 Å². The van der Waals surface area contributed by atoms with Crippen LogP contribution in [0, 0.1) is 18.3 Å². The minimum absolute atomic E-state index is 0.470. The van der Waals surface area contributed by atoms with Gasteiger partial charge in [-0.25, -0.2) is 4.98 Å². The molecule has 92 valence electrons. The van der Waals surface area contributed by atoms with Crippen LogP contribution >= 0.6 is 22.9 Å². The first-order chi connectivity index (χ1) is 8.69. The highest BCUT2D eigenvalue weighted by atomic mass is 35.5. The molecule has 0 aliphatic rings. The van der Waals surface area contributed by atoms with Crippen LogP contribution in [0.5, 0.6) is 5.75 Å². The van der Waals surface area contributed by atoms with Crippen molar-refractivity contribution in [2.24, 2.45) is 0 Å². The summed E-state index contributed by atoms with van der Waals surface area (Å²) in [4.78, 5) is 4.15. The molecule has 0 unspecified atom stereocenters. The molecular weight excluding hydrogens is 268 g/mol. The minimum Gasteiger partial charge on any atom is -0.493 e. The Kier molecular flexibility index (Phi) is 4.19. The molecule has 1 aromatic carbocycles. The molecule has 1 aromatic heterocycles. The highest BCUT2D eigenvalue weighted by molar-refractivity contribution is 7.09. The summed E-state index contributed by atoms with van der Waals surface area (Å²) in [6.45, 7) is 2.50. The largest absolute Gasteiger partial charge is 0.493 e. The van der Waals surface area contributed by atoms with Crippen molar-refractivity contribution in [1.82, 2.24) is 4.98 Å². The molecule has 0 bridgehead atoms. The number of nitriles is 1. The van der Waals surface area contributed by atoms with E-state index in [1.807, 2.05) is 25.1 Å². The third-order valence-corrected chi connectivity index (χ3v) is 3.52. The molecule has 0 saturated heterocycles. The number of ether oxygens (including phenoxy) is 1. The lowest BCUT2D eigenvalue weighted by Crippen LogP contribution is -2.02. The number of aryl methyl sites for hydroxylation is 1. The summed E-state index contributed by atoms with van der Waals surface area (Å²) in [5, 5.41) is 12.0. The summed E-state index contributed by atoms with van der Waals surface area (Å²) < 4.78 is 5.66. The van der Waals surface area contributed by atoms with Gasteiger partial charge in [0.05, 0.1) is 11.6 Å². The Bertz CT molecular complexity index is 589. The molecule has 0 spiro atoms. The Morgan fingerprint density at radius 1 is 1.50 bits per heavy atom. The molecule has 1 heterocycles. The van der Waals surface area contributed by atoms with E-state index in [2.05, 4.69) is 4.98 Å². The van der Waals surface area contributed by atoms with Gasteiger partial charge in [-0.05, 0) is 30.7 Å². The maximum atomic E-state index is 8.67. The highest BCUT2D eigenvalue weighted by Gasteiger charge is 2.03. The van der Waals surface area contributed by atoms with Crippen LogP contribution in [0.3, 0.4) is 0 Å². The van der Waals surface area contributed by atoms with Crippen molar-refractivity contribution in [2.75, 3.05) is 6.61 Å². The zero-order valence-electron chi connectivity index (χ0n) is 9.81. The average molecular weight is 279 g/mol. The van der Waals surface area contributed by atoms with Gasteiger partial charge in [-0.1, -0.05) is 11.6 Å². The van der Waals surface area contributed by atoms with Crippen LogP contribution in [0.4, 0.5) is 0 Å². The van der Waals surface area contributed by atoms with Gasteiger partial charge < -0.3 is 4.74 Å². The summed E-state index contributed by atoms with van der Waals surface area (Å²) in [7, 11) is 0. The summed E-state index contributed by atoms with van der Waals surface area (Å²) >= 11 is 7.35. The van der Waals surface area contributed by atoms with Crippen LogP contribution in [0.2, 0.25) is 5.02 Å². The van der Waals surface area contributed by atoms with E-state index in [0.717, 1.165) is 16.3 Å². The monoisotopic (exact) mass is 278 g/mol. The lowest BCUT2D eigenvalue weighted by atomic mass is 10.2. The quantitative estimate of drug-likeness (QED) is 0.858. The van der Waals surface area contributed by atoms with Crippen molar-refractivity contribution < 1.29 is 4.74 Å². The van der Waals surface area contributed by atoms with Crippen molar-refractivity contribution in [3.63, 3.8) is 0 Å². The first-order valence-electron chi connectivity index (χ1n) is 5.42. The van der Waals surface area contributed by atoms with Crippen molar-refractivity contribution >= 4 is 22.9 Å². The summed E-state index contributed by atoms with van der Waals surface area (Å²) in [5.41, 5.74) is 1.48. The molecule has 2 aromatic rings. The number of rotatable bonds is 4. The van der Waals surface area contributed by atoms with Gasteiger partial charge in [0.25, 0.3) is 0 Å². The summed E-state index contributed by atoms with van der Waals surface area (Å²) in [6.07, 6.45) is 0.703. The zero-order valence-corrected chi connectivity index (χ0v) is 11.4. The van der Waals surface area contributed by atoms with Crippen LogP contribution < -0.4 is 4.74 Å². The van der Waals surface area contributed by atoms with E-state index in [4.69, 9.17) is 21.6 Å². The van der Waals surface area contributed by atoms with Crippen molar-refractivity contribution in [3.8, 4) is 11.8 Å². The Morgan fingerprint density at radius 3 is 3.00 bits per heavy atom. The van der Waals surface area contributed by atoms with E-state index < -0.39 is 0 Å². The number of benzene rings is 1. The molecule has 5 heteroatoms.